The highest BCUT2D eigenvalue weighted by molar-refractivity contribution is 5.80. The van der Waals surface area contributed by atoms with Crippen LogP contribution in [0.2, 0.25) is 0 Å². The summed E-state index contributed by atoms with van der Waals surface area (Å²) in [5, 5.41) is 6.88. The van der Waals surface area contributed by atoms with Gasteiger partial charge in [-0.2, -0.15) is 0 Å². The average molecular weight is 283 g/mol. The molecule has 2 aliphatic rings. The van der Waals surface area contributed by atoms with Crippen molar-refractivity contribution >= 4 is 5.96 Å². The monoisotopic (exact) mass is 283 g/mol. The Kier molecular flexibility index (Phi) is 5.27. The highest BCUT2D eigenvalue weighted by Gasteiger charge is 2.48. The fourth-order valence-electron chi connectivity index (χ4n) is 3.07. The lowest BCUT2D eigenvalue weighted by molar-refractivity contribution is -0.0923. The van der Waals surface area contributed by atoms with E-state index >= 15 is 0 Å². The van der Waals surface area contributed by atoms with Crippen molar-refractivity contribution in [2.45, 2.75) is 57.8 Å². The van der Waals surface area contributed by atoms with Crippen LogP contribution < -0.4 is 10.6 Å². The molecule has 2 N–H and O–H groups in total. The molecule has 1 aliphatic heterocycles. The molecule has 20 heavy (non-hydrogen) atoms. The average Bonchev–Trinajstić information content (AvgIpc) is 2.47. The van der Waals surface area contributed by atoms with Crippen LogP contribution in [0.25, 0.3) is 0 Å². The molecule has 1 saturated carbocycles. The first-order chi connectivity index (χ1) is 9.57. The summed E-state index contributed by atoms with van der Waals surface area (Å²) < 4.78 is 11.2. The molecule has 0 aromatic rings. The maximum absolute atomic E-state index is 5.73. The first-order valence-corrected chi connectivity index (χ1v) is 7.69. The Balaban J connectivity index is 1.76. The first kappa shape index (κ1) is 15.6. The van der Waals surface area contributed by atoms with Crippen LogP contribution in [-0.4, -0.2) is 51.5 Å². The fraction of sp³-hybridized carbons (Fsp3) is 0.933. The number of methoxy groups -OCH3 is 1. The Labute approximate surface area is 122 Å². The first-order valence-electron chi connectivity index (χ1n) is 7.69. The van der Waals surface area contributed by atoms with Gasteiger partial charge in [0.05, 0.1) is 12.2 Å². The zero-order valence-electron chi connectivity index (χ0n) is 13.2. The van der Waals surface area contributed by atoms with Gasteiger partial charge in [0.2, 0.25) is 0 Å². The molecular weight excluding hydrogens is 254 g/mol. The van der Waals surface area contributed by atoms with Crippen LogP contribution in [0.3, 0.4) is 0 Å². The van der Waals surface area contributed by atoms with Crippen molar-refractivity contribution in [2.24, 2.45) is 10.4 Å². The zero-order valence-corrected chi connectivity index (χ0v) is 13.2. The maximum atomic E-state index is 5.73. The Bertz CT molecular complexity index is 338. The van der Waals surface area contributed by atoms with E-state index in [2.05, 4.69) is 29.5 Å². The third-order valence-electron chi connectivity index (χ3n) is 4.77. The van der Waals surface area contributed by atoms with Gasteiger partial charge in [-0.15, -0.1) is 0 Å². The Hall–Kier alpha value is -0.810. The van der Waals surface area contributed by atoms with Crippen LogP contribution in [0.15, 0.2) is 4.99 Å². The summed E-state index contributed by atoms with van der Waals surface area (Å²) >= 11 is 0. The third-order valence-corrected chi connectivity index (χ3v) is 4.77. The van der Waals surface area contributed by atoms with Gasteiger partial charge < -0.3 is 20.1 Å². The summed E-state index contributed by atoms with van der Waals surface area (Å²) in [6.07, 6.45) is 5.29. The van der Waals surface area contributed by atoms with Gasteiger partial charge in [-0.1, -0.05) is 13.8 Å². The predicted molar refractivity (Wildman–Crippen MR) is 81.1 cm³/mol. The molecule has 5 heteroatoms. The van der Waals surface area contributed by atoms with Gasteiger partial charge in [0.25, 0.3) is 0 Å². The molecule has 0 aromatic carbocycles. The van der Waals surface area contributed by atoms with Crippen LogP contribution in [0.4, 0.5) is 0 Å². The second-order valence-corrected chi connectivity index (χ2v) is 6.42. The molecule has 2 fully saturated rings. The minimum atomic E-state index is 0.147. The van der Waals surface area contributed by atoms with Crippen molar-refractivity contribution in [1.29, 1.82) is 0 Å². The summed E-state index contributed by atoms with van der Waals surface area (Å²) in [5.41, 5.74) is 0.147. The number of nitrogens with one attached hydrogen (secondary N) is 2. The lowest BCUT2D eigenvalue weighted by Gasteiger charge is -2.51. The molecule has 0 amide bonds. The molecule has 1 aliphatic carbocycles. The molecule has 2 rings (SSSR count). The normalized spacial score (nSPS) is 33.4. The Morgan fingerprint density at radius 3 is 2.75 bits per heavy atom. The number of ether oxygens (including phenoxy) is 2. The second-order valence-electron chi connectivity index (χ2n) is 6.42. The topological polar surface area (TPSA) is 54.9 Å². The van der Waals surface area contributed by atoms with Crippen molar-refractivity contribution in [3.8, 4) is 0 Å². The van der Waals surface area contributed by atoms with Gasteiger partial charge in [-0.3, -0.25) is 4.99 Å². The number of nitrogens with zero attached hydrogens (tertiary/aromatic N) is 1. The van der Waals surface area contributed by atoms with Crippen molar-refractivity contribution in [1.82, 2.24) is 10.6 Å². The van der Waals surface area contributed by atoms with Crippen molar-refractivity contribution in [2.75, 3.05) is 27.3 Å². The van der Waals surface area contributed by atoms with Gasteiger partial charge in [-0.25, -0.2) is 0 Å². The summed E-state index contributed by atoms with van der Waals surface area (Å²) in [6, 6.07) is 0.408. The molecule has 1 saturated heterocycles. The van der Waals surface area contributed by atoms with E-state index in [-0.39, 0.29) is 5.41 Å². The molecule has 0 bridgehead atoms. The molecule has 1 heterocycles. The largest absolute Gasteiger partial charge is 0.381 e. The summed E-state index contributed by atoms with van der Waals surface area (Å²) in [6.45, 7) is 6.20. The molecule has 0 aromatic heterocycles. The van der Waals surface area contributed by atoms with Gasteiger partial charge in [0, 0.05) is 38.8 Å². The molecule has 3 atom stereocenters. The van der Waals surface area contributed by atoms with Gasteiger partial charge in [0.15, 0.2) is 5.96 Å². The SMILES string of the molecule is CN=C(NCC1CCCCO1)NC1CC(OC)C1(C)C. The fourth-order valence-corrected chi connectivity index (χ4v) is 3.07. The van der Waals surface area contributed by atoms with Crippen molar-refractivity contribution < 1.29 is 9.47 Å². The molecule has 0 spiro atoms. The third kappa shape index (κ3) is 3.44. The van der Waals surface area contributed by atoms with Crippen LogP contribution in [0, 0.1) is 5.41 Å². The van der Waals surface area contributed by atoms with Crippen LogP contribution >= 0.6 is 0 Å². The van der Waals surface area contributed by atoms with E-state index in [1.54, 1.807) is 7.11 Å². The highest BCUT2D eigenvalue weighted by Crippen LogP contribution is 2.42. The van der Waals surface area contributed by atoms with E-state index in [4.69, 9.17) is 9.47 Å². The van der Waals surface area contributed by atoms with Crippen LogP contribution in [0.5, 0.6) is 0 Å². The number of rotatable bonds is 4. The lowest BCUT2D eigenvalue weighted by Crippen LogP contribution is -2.63. The minimum Gasteiger partial charge on any atom is -0.381 e. The standard InChI is InChI=1S/C15H29N3O2/c1-15(2)12(9-13(15)19-4)18-14(16-3)17-10-11-7-5-6-8-20-11/h11-13H,5-10H2,1-4H3,(H2,16,17,18). The zero-order chi connectivity index (χ0) is 14.6. The smallest absolute Gasteiger partial charge is 0.191 e. The Morgan fingerprint density at radius 2 is 2.20 bits per heavy atom. The number of aliphatic imine (C=N–C) groups is 1. The van der Waals surface area contributed by atoms with E-state index in [0.29, 0.717) is 18.2 Å². The molecule has 0 radical (unpaired) electrons. The summed E-state index contributed by atoms with van der Waals surface area (Å²) in [5.74, 6) is 0.867. The number of hydrogen-bond donors (Lipinski definition) is 2. The number of hydrogen-bond acceptors (Lipinski definition) is 3. The maximum Gasteiger partial charge on any atom is 0.191 e. The summed E-state index contributed by atoms with van der Waals surface area (Å²) in [4.78, 5) is 4.31. The molecule has 5 nitrogen and oxygen atoms in total. The van der Waals surface area contributed by atoms with E-state index in [9.17, 15) is 0 Å². The van der Waals surface area contributed by atoms with E-state index in [0.717, 1.165) is 32.0 Å². The second kappa shape index (κ2) is 6.76. The van der Waals surface area contributed by atoms with E-state index in [1.807, 2.05) is 7.05 Å². The predicted octanol–water partition coefficient (Wildman–Crippen LogP) is 1.53. The minimum absolute atomic E-state index is 0.147. The lowest BCUT2D eigenvalue weighted by atomic mass is 9.64. The van der Waals surface area contributed by atoms with Crippen LogP contribution in [0.1, 0.15) is 39.5 Å². The Morgan fingerprint density at radius 1 is 1.40 bits per heavy atom. The van der Waals surface area contributed by atoms with Crippen molar-refractivity contribution in [3.63, 3.8) is 0 Å². The van der Waals surface area contributed by atoms with Gasteiger partial charge in [-0.05, 0) is 25.7 Å². The van der Waals surface area contributed by atoms with Gasteiger partial charge in [0.1, 0.15) is 0 Å². The summed E-state index contributed by atoms with van der Waals surface area (Å²) in [7, 11) is 3.60. The molecule has 3 unspecified atom stereocenters. The molecular formula is C15H29N3O2. The molecule has 116 valence electrons. The quantitative estimate of drug-likeness (QED) is 0.607. The van der Waals surface area contributed by atoms with Crippen LogP contribution in [-0.2, 0) is 9.47 Å². The van der Waals surface area contributed by atoms with E-state index in [1.165, 1.54) is 12.8 Å². The highest BCUT2D eigenvalue weighted by atomic mass is 16.5. The van der Waals surface area contributed by atoms with E-state index < -0.39 is 0 Å². The number of guanidine groups is 1. The van der Waals surface area contributed by atoms with Crippen molar-refractivity contribution in [3.05, 3.63) is 0 Å². The van der Waals surface area contributed by atoms with Gasteiger partial charge >= 0.3 is 0 Å².